The summed E-state index contributed by atoms with van der Waals surface area (Å²) >= 11 is 0. The fourth-order valence-electron chi connectivity index (χ4n) is 1.74. The van der Waals surface area contributed by atoms with Crippen LogP contribution in [0.25, 0.3) is 0 Å². The van der Waals surface area contributed by atoms with Gasteiger partial charge < -0.3 is 11.1 Å². The molecule has 102 valence electrons. The lowest BCUT2D eigenvalue weighted by atomic mass is 10.0. The molecule has 1 saturated heterocycles. The average Bonchev–Trinajstić information content (AvgIpc) is 2.14. The summed E-state index contributed by atoms with van der Waals surface area (Å²) in [5, 5.41) is 2.71. The van der Waals surface area contributed by atoms with Crippen molar-refractivity contribution in [2.75, 3.05) is 11.5 Å². The minimum Gasteiger partial charge on any atom is -0.351 e. The molecule has 0 spiro atoms. The number of nitrogens with one attached hydrogen (secondary N) is 1. The van der Waals surface area contributed by atoms with E-state index in [1.807, 2.05) is 13.8 Å². The van der Waals surface area contributed by atoms with Crippen molar-refractivity contribution in [2.45, 2.75) is 38.8 Å². The molecule has 1 rings (SSSR count). The zero-order valence-electron chi connectivity index (χ0n) is 10.2. The average molecular weight is 285 g/mol. The van der Waals surface area contributed by atoms with Crippen LogP contribution in [0.5, 0.6) is 0 Å². The van der Waals surface area contributed by atoms with Crippen LogP contribution >= 0.6 is 12.4 Å². The molecule has 1 fully saturated rings. The second-order valence-corrected chi connectivity index (χ2v) is 6.96. The van der Waals surface area contributed by atoms with Crippen molar-refractivity contribution in [3.05, 3.63) is 0 Å². The molecule has 7 heteroatoms. The first-order valence-corrected chi connectivity index (χ1v) is 7.40. The molecule has 0 radical (unpaired) electrons. The second-order valence-electron chi connectivity index (χ2n) is 4.73. The molecule has 0 aliphatic carbocycles. The van der Waals surface area contributed by atoms with Crippen molar-refractivity contribution < 1.29 is 13.2 Å². The minimum absolute atomic E-state index is 0. The Morgan fingerprint density at radius 2 is 2.00 bits per heavy atom. The summed E-state index contributed by atoms with van der Waals surface area (Å²) in [5.41, 5.74) is 5.68. The first-order valence-electron chi connectivity index (χ1n) is 5.58. The first-order chi connectivity index (χ1) is 7.32. The number of amides is 1. The van der Waals surface area contributed by atoms with Crippen LogP contribution < -0.4 is 11.1 Å². The van der Waals surface area contributed by atoms with Gasteiger partial charge in [-0.3, -0.25) is 4.79 Å². The SMILES string of the molecule is CC(C)[C@H](N)C(=O)NC1CCCS(=O)(=O)C1.Cl. The first kappa shape index (κ1) is 16.7. The lowest BCUT2D eigenvalue weighted by molar-refractivity contribution is -0.123. The number of sulfone groups is 1. The molecule has 3 N–H and O–H groups in total. The summed E-state index contributed by atoms with van der Waals surface area (Å²) in [6, 6.07) is -0.833. The van der Waals surface area contributed by atoms with Gasteiger partial charge >= 0.3 is 0 Å². The van der Waals surface area contributed by atoms with E-state index in [0.717, 1.165) is 6.42 Å². The van der Waals surface area contributed by atoms with E-state index in [1.165, 1.54) is 0 Å². The molecule has 0 bridgehead atoms. The molecule has 1 heterocycles. The smallest absolute Gasteiger partial charge is 0.237 e. The van der Waals surface area contributed by atoms with Crippen LogP contribution in [-0.4, -0.2) is 37.9 Å². The Morgan fingerprint density at radius 3 is 2.47 bits per heavy atom. The molecule has 0 saturated carbocycles. The number of halogens is 1. The highest BCUT2D eigenvalue weighted by Crippen LogP contribution is 2.12. The monoisotopic (exact) mass is 284 g/mol. The van der Waals surface area contributed by atoms with Gasteiger partial charge in [-0.25, -0.2) is 8.42 Å². The highest BCUT2D eigenvalue weighted by molar-refractivity contribution is 7.91. The van der Waals surface area contributed by atoms with E-state index in [9.17, 15) is 13.2 Å². The zero-order chi connectivity index (χ0) is 12.3. The van der Waals surface area contributed by atoms with Crippen LogP contribution in [0.15, 0.2) is 0 Å². The second kappa shape index (κ2) is 6.56. The number of nitrogens with two attached hydrogens (primary N) is 1. The van der Waals surface area contributed by atoms with Crippen molar-refractivity contribution in [2.24, 2.45) is 11.7 Å². The van der Waals surface area contributed by atoms with E-state index in [4.69, 9.17) is 5.73 Å². The Balaban J connectivity index is 0.00000256. The highest BCUT2D eigenvalue weighted by Gasteiger charge is 2.27. The number of carbonyl (C=O) groups is 1. The number of hydrogen-bond acceptors (Lipinski definition) is 4. The lowest BCUT2D eigenvalue weighted by Crippen LogP contribution is -2.51. The summed E-state index contributed by atoms with van der Waals surface area (Å²) < 4.78 is 22.7. The van der Waals surface area contributed by atoms with E-state index in [0.29, 0.717) is 6.42 Å². The van der Waals surface area contributed by atoms with Gasteiger partial charge in [-0.05, 0) is 18.8 Å². The van der Waals surface area contributed by atoms with Gasteiger partial charge in [-0.2, -0.15) is 0 Å². The Kier molecular flexibility index (Phi) is 6.43. The molecule has 1 aliphatic heterocycles. The van der Waals surface area contributed by atoms with Gasteiger partial charge in [-0.1, -0.05) is 13.8 Å². The van der Waals surface area contributed by atoms with Gasteiger partial charge in [0, 0.05) is 6.04 Å². The summed E-state index contributed by atoms with van der Waals surface area (Å²) in [6.45, 7) is 3.73. The lowest BCUT2D eigenvalue weighted by Gasteiger charge is -2.25. The topological polar surface area (TPSA) is 89.3 Å². The van der Waals surface area contributed by atoms with Gasteiger partial charge in [0.1, 0.15) is 0 Å². The van der Waals surface area contributed by atoms with Gasteiger partial charge in [0.15, 0.2) is 9.84 Å². The van der Waals surface area contributed by atoms with E-state index < -0.39 is 15.9 Å². The standard InChI is InChI=1S/C10H20N2O3S.ClH/c1-7(2)9(11)10(13)12-8-4-3-5-16(14,15)6-8;/h7-9H,3-6,11H2,1-2H3,(H,12,13);1H/t8?,9-;/m0./s1. The third kappa shape index (κ3) is 5.23. The number of carbonyl (C=O) groups excluding carboxylic acids is 1. The van der Waals surface area contributed by atoms with Crippen molar-refractivity contribution in [3.63, 3.8) is 0 Å². The van der Waals surface area contributed by atoms with Crippen molar-refractivity contribution in [3.8, 4) is 0 Å². The molecular weight excluding hydrogens is 264 g/mol. The maximum atomic E-state index is 11.6. The molecule has 17 heavy (non-hydrogen) atoms. The maximum Gasteiger partial charge on any atom is 0.237 e. The summed E-state index contributed by atoms with van der Waals surface area (Å²) in [6.07, 6.45) is 1.33. The van der Waals surface area contributed by atoms with Gasteiger partial charge in [0.25, 0.3) is 0 Å². The molecule has 0 aromatic carbocycles. The largest absolute Gasteiger partial charge is 0.351 e. The number of hydrogen-bond donors (Lipinski definition) is 2. The van der Waals surface area contributed by atoms with E-state index in [1.54, 1.807) is 0 Å². The minimum atomic E-state index is -2.98. The predicted octanol–water partition coefficient (Wildman–Crippen LogP) is 0.0849. The highest BCUT2D eigenvalue weighted by atomic mass is 35.5. The van der Waals surface area contributed by atoms with Crippen LogP contribution in [0.1, 0.15) is 26.7 Å². The molecule has 1 unspecified atom stereocenters. The fourth-order valence-corrected chi connectivity index (χ4v) is 3.37. The van der Waals surface area contributed by atoms with Crippen molar-refractivity contribution >= 4 is 28.2 Å². The van der Waals surface area contributed by atoms with Crippen LogP contribution in [0.3, 0.4) is 0 Å². The van der Waals surface area contributed by atoms with E-state index >= 15 is 0 Å². The summed E-state index contributed by atoms with van der Waals surface area (Å²) in [5.74, 6) is 0.0800. The molecule has 0 aromatic heterocycles. The summed E-state index contributed by atoms with van der Waals surface area (Å²) in [4.78, 5) is 11.6. The molecule has 0 aromatic rings. The normalized spacial score (nSPS) is 24.8. The van der Waals surface area contributed by atoms with Gasteiger partial charge in [0.2, 0.25) is 5.91 Å². The quantitative estimate of drug-likeness (QED) is 0.768. The Hall–Kier alpha value is -0.330. The van der Waals surface area contributed by atoms with Crippen molar-refractivity contribution in [1.29, 1.82) is 0 Å². The van der Waals surface area contributed by atoms with Crippen molar-refractivity contribution in [1.82, 2.24) is 5.32 Å². The molecular formula is C10H21ClN2O3S. The molecule has 5 nitrogen and oxygen atoms in total. The third-order valence-corrected chi connectivity index (χ3v) is 4.65. The van der Waals surface area contributed by atoms with Crippen LogP contribution in [0.2, 0.25) is 0 Å². The van der Waals surface area contributed by atoms with E-state index in [-0.39, 0.29) is 41.8 Å². The fraction of sp³-hybridized carbons (Fsp3) is 0.900. The Bertz CT molecular complexity index is 357. The van der Waals surface area contributed by atoms with Crippen LogP contribution in [-0.2, 0) is 14.6 Å². The summed E-state index contributed by atoms with van der Waals surface area (Å²) in [7, 11) is -2.98. The van der Waals surface area contributed by atoms with E-state index in [2.05, 4.69) is 5.32 Å². The molecule has 1 amide bonds. The van der Waals surface area contributed by atoms with Gasteiger partial charge in [0.05, 0.1) is 17.5 Å². The molecule has 1 aliphatic rings. The predicted molar refractivity (Wildman–Crippen MR) is 69.9 cm³/mol. The van der Waals surface area contributed by atoms with Gasteiger partial charge in [-0.15, -0.1) is 12.4 Å². The number of rotatable bonds is 3. The Labute approximate surface area is 109 Å². The maximum absolute atomic E-state index is 11.6. The Morgan fingerprint density at radius 1 is 1.41 bits per heavy atom. The van der Waals surface area contributed by atoms with Crippen LogP contribution in [0.4, 0.5) is 0 Å². The zero-order valence-corrected chi connectivity index (χ0v) is 11.8. The molecule has 2 atom stereocenters. The third-order valence-electron chi connectivity index (χ3n) is 2.83. The van der Waals surface area contributed by atoms with Crippen LogP contribution in [0, 0.1) is 5.92 Å².